The average molecular weight is 270 g/mol. The molecule has 0 aliphatic heterocycles. The molecule has 1 aliphatic rings. The number of carbonyl (C=O) groups is 2. The van der Waals surface area contributed by atoms with Gasteiger partial charge >= 0.3 is 5.97 Å². The molecule has 1 rings (SSSR count). The molecule has 0 bridgehead atoms. The summed E-state index contributed by atoms with van der Waals surface area (Å²) in [5.74, 6) is -0.479. The summed E-state index contributed by atoms with van der Waals surface area (Å²) in [7, 11) is 0. The van der Waals surface area contributed by atoms with Gasteiger partial charge in [-0.25, -0.2) is 4.79 Å². The van der Waals surface area contributed by atoms with E-state index < -0.39 is 11.5 Å². The largest absolute Gasteiger partial charge is 0.480 e. The Morgan fingerprint density at radius 2 is 2.00 bits per heavy atom. The van der Waals surface area contributed by atoms with Crippen molar-refractivity contribution < 1.29 is 14.7 Å². The molecule has 1 fully saturated rings. The van der Waals surface area contributed by atoms with Crippen LogP contribution in [0.15, 0.2) is 0 Å². The molecule has 5 heteroatoms. The third-order valence-electron chi connectivity index (χ3n) is 3.85. The highest BCUT2D eigenvalue weighted by Gasteiger charge is 2.48. The fraction of sp³-hybridized carbons (Fsp3) is 0.857. The van der Waals surface area contributed by atoms with Crippen molar-refractivity contribution >= 4 is 11.9 Å². The summed E-state index contributed by atoms with van der Waals surface area (Å²) in [6.45, 7) is 6.24. The standard InChI is InChI=1S/C14H26N2O3/c1-9(2)6-10(8-15)7-12(17)16-14(3,13(18)19)11-4-5-11/h9-11H,4-8,15H2,1-3H3,(H,16,17)(H,18,19). The van der Waals surface area contributed by atoms with Crippen LogP contribution in [0.2, 0.25) is 0 Å². The summed E-state index contributed by atoms with van der Waals surface area (Å²) in [5.41, 5.74) is 4.55. The highest BCUT2D eigenvalue weighted by Crippen LogP contribution is 2.39. The second kappa shape index (κ2) is 6.37. The predicted octanol–water partition coefficient (Wildman–Crippen LogP) is 1.37. The molecule has 1 amide bonds. The van der Waals surface area contributed by atoms with Gasteiger partial charge in [0.2, 0.25) is 5.91 Å². The lowest BCUT2D eigenvalue weighted by Crippen LogP contribution is -2.54. The van der Waals surface area contributed by atoms with Gasteiger partial charge in [0, 0.05) is 6.42 Å². The van der Waals surface area contributed by atoms with E-state index in [1.54, 1.807) is 6.92 Å². The van der Waals surface area contributed by atoms with Crippen molar-refractivity contribution in [3.05, 3.63) is 0 Å². The Morgan fingerprint density at radius 1 is 1.42 bits per heavy atom. The van der Waals surface area contributed by atoms with Crippen molar-refractivity contribution in [2.75, 3.05) is 6.54 Å². The molecule has 4 N–H and O–H groups in total. The minimum Gasteiger partial charge on any atom is -0.480 e. The number of amides is 1. The van der Waals surface area contributed by atoms with E-state index in [4.69, 9.17) is 5.73 Å². The summed E-state index contributed by atoms with van der Waals surface area (Å²) in [5, 5.41) is 12.0. The van der Waals surface area contributed by atoms with E-state index in [1.165, 1.54) is 0 Å². The quantitative estimate of drug-likeness (QED) is 0.621. The Bertz CT molecular complexity index is 340. The SMILES string of the molecule is CC(C)CC(CN)CC(=O)NC(C)(C(=O)O)C1CC1. The van der Waals surface area contributed by atoms with Crippen LogP contribution in [-0.2, 0) is 9.59 Å². The van der Waals surface area contributed by atoms with Crippen LogP contribution < -0.4 is 11.1 Å². The van der Waals surface area contributed by atoms with E-state index in [1.807, 2.05) is 0 Å². The van der Waals surface area contributed by atoms with E-state index in [0.717, 1.165) is 19.3 Å². The molecule has 2 unspecified atom stereocenters. The number of aliphatic carboxylic acids is 1. The van der Waals surface area contributed by atoms with Gasteiger partial charge in [-0.15, -0.1) is 0 Å². The maximum atomic E-state index is 12.0. The molecule has 0 spiro atoms. The molecule has 110 valence electrons. The summed E-state index contributed by atoms with van der Waals surface area (Å²) in [6.07, 6.45) is 2.94. The lowest BCUT2D eigenvalue weighted by atomic mass is 9.92. The van der Waals surface area contributed by atoms with Gasteiger partial charge in [-0.2, -0.15) is 0 Å². The van der Waals surface area contributed by atoms with Gasteiger partial charge in [-0.1, -0.05) is 13.8 Å². The molecule has 1 aliphatic carbocycles. The smallest absolute Gasteiger partial charge is 0.329 e. The van der Waals surface area contributed by atoms with Crippen LogP contribution in [0.25, 0.3) is 0 Å². The number of carboxylic acid groups (broad SMARTS) is 1. The normalized spacial score (nSPS) is 19.8. The molecule has 19 heavy (non-hydrogen) atoms. The topological polar surface area (TPSA) is 92.4 Å². The lowest BCUT2D eigenvalue weighted by molar-refractivity contribution is -0.148. The van der Waals surface area contributed by atoms with Crippen LogP contribution in [0.3, 0.4) is 0 Å². The second-order valence-corrected chi connectivity index (χ2v) is 6.27. The predicted molar refractivity (Wildman–Crippen MR) is 73.5 cm³/mol. The first-order valence-corrected chi connectivity index (χ1v) is 7.04. The van der Waals surface area contributed by atoms with Crippen molar-refractivity contribution in [3.8, 4) is 0 Å². The zero-order chi connectivity index (χ0) is 14.6. The van der Waals surface area contributed by atoms with Gasteiger partial charge in [-0.05, 0) is 50.5 Å². The molecule has 0 radical (unpaired) electrons. The van der Waals surface area contributed by atoms with Crippen molar-refractivity contribution in [2.45, 2.75) is 52.0 Å². The highest BCUT2D eigenvalue weighted by molar-refractivity contribution is 5.87. The van der Waals surface area contributed by atoms with E-state index >= 15 is 0 Å². The maximum Gasteiger partial charge on any atom is 0.329 e. The van der Waals surface area contributed by atoms with Gasteiger partial charge in [-0.3, -0.25) is 4.79 Å². The number of hydrogen-bond donors (Lipinski definition) is 3. The Morgan fingerprint density at radius 3 is 2.37 bits per heavy atom. The minimum absolute atomic E-state index is 0.0652. The van der Waals surface area contributed by atoms with Crippen LogP contribution in [0.5, 0.6) is 0 Å². The van der Waals surface area contributed by atoms with Crippen molar-refractivity contribution in [1.29, 1.82) is 0 Å². The maximum absolute atomic E-state index is 12.0. The fourth-order valence-corrected chi connectivity index (χ4v) is 2.52. The van der Waals surface area contributed by atoms with Crippen LogP contribution in [0, 0.1) is 17.8 Å². The summed E-state index contributed by atoms with van der Waals surface area (Å²) in [4.78, 5) is 23.3. The fourth-order valence-electron chi connectivity index (χ4n) is 2.52. The number of carboxylic acids is 1. The van der Waals surface area contributed by atoms with E-state index in [9.17, 15) is 14.7 Å². The molecule has 1 saturated carbocycles. The van der Waals surface area contributed by atoms with Gasteiger partial charge in [0.15, 0.2) is 0 Å². The first-order chi connectivity index (χ1) is 8.79. The van der Waals surface area contributed by atoms with Crippen molar-refractivity contribution in [1.82, 2.24) is 5.32 Å². The minimum atomic E-state index is -1.12. The molecule has 0 aromatic rings. The Kier molecular flexibility index (Phi) is 5.35. The van der Waals surface area contributed by atoms with Crippen LogP contribution in [-0.4, -0.2) is 29.1 Å². The summed E-state index contributed by atoms with van der Waals surface area (Å²) in [6, 6.07) is 0. The van der Waals surface area contributed by atoms with Crippen LogP contribution in [0.4, 0.5) is 0 Å². The second-order valence-electron chi connectivity index (χ2n) is 6.27. The van der Waals surface area contributed by atoms with Crippen molar-refractivity contribution in [2.24, 2.45) is 23.5 Å². The van der Waals surface area contributed by atoms with E-state index in [2.05, 4.69) is 19.2 Å². The Hall–Kier alpha value is -1.10. The van der Waals surface area contributed by atoms with Gasteiger partial charge in [0.25, 0.3) is 0 Å². The molecule has 0 aromatic carbocycles. The van der Waals surface area contributed by atoms with Crippen molar-refractivity contribution in [3.63, 3.8) is 0 Å². The number of carbonyl (C=O) groups excluding carboxylic acids is 1. The zero-order valence-electron chi connectivity index (χ0n) is 12.1. The third-order valence-corrected chi connectivity index (χ3v) is 3.85. The molecule has 2 atom stereocenters. The summed E-state index contributed by atoms with van der Waals surface area (Å²) >= 11 is 0. The molecule has 0 heterocycles. The first kappa shape index (κ1) is 16.0. The molecular weight excluding hydrogens is 244 g/mol. The monoisotopic (exact) mass is 270 g/mol. The number of nitrogens with one attached hydrogen (secondary N) is 1. The van der Waals surface area contributed by atoms with Gasteiger partial charge < -0.3 is 16.2 Å². The molecular formula is C14H26N2O3. The highest BCUT2D eigenvalue weighted by atomic mass is 16.4. The number of nitrogens with two attached hydrogens (primary N) is 1. The Labute approximate surface area is 114 Å². The van der Waals surface area contributed by atoms with E-state index in [-0.39, 0.29) is 17.7 Å². The first-order valence-electron chi connectivity index (χ1n) is 7.04. The summed E-state index contributed by atoms with van der Waals surface area (Å²) < 4.78 is 0. The van der Waals surface area contributed by atoms with Gasteiger partial charge in [0.1, 0.15) is 5.54 Å². The zero-order valence-corrected chi connectivity index (χ0v) is 12.1. The Balaban J connectivity index is 2.55. The van der Waals surface area contributed by atoms with Crippen LogP contribution >= 0.6 is 0 Å². The van der Waals surface area contributed by atoms with Crippen LogP contribution in [0.1, 0.15) is 46.5 Å². The number of hydrogen-bond acceptors (Lipinski definition) is 3. The molecule has 5 nitrogen and oxygen atoms in total. The van der Waals surface area contributed by atoms with E-state index in [0.29, 0.717) is 18.9 Å². The third kappa shape index (κ3) is 4.49. The molecule has 0 saturated heterocycles. The van der Waals surface area contributed by atoms with Gasteiger partial charge in [0.05, 0.1) is 0 Å². The molecule has 0 aromatic heterocycles. The number of rotatable bonds is 8. The lowest BCUT2D eigenvalue weighted by Gasteiger charge is -2.27. The average Bonchev–Trinajstić information content (AvgIpc) is 3.10.